The van der Waals surface area contributed by atoms with Gasteiger partial charge in [-0.25, -0.2) is 14.4 Å². The molecule has 1 atom stereocenters. The number of aromatic amines is 2. The van der Waals surface area contributed by atoms with E-state index in [9.17, 15) is 9.50 Å². The molecular formula is C28H24FN7O. The summed E-state index contributed by atoms with van der Waals surface area (Å²) in [5, 5.41) is 21.5. The van der Waals surface area contributed by atoms with Gasteiger partial charge in [-0.2, -0.15) is 5.10 Å². The van der Waals surface area contributed by atoms with Gasteiger partial charge >= 0.3 is 0 Å². The van der Waals surface area contributed by atoms with Gasteiger partial charge in [0, 0.05) is 28.9 Å². The fraction of sp³-hybridized carbons (Fsp3) is 0.143. The van der Waals surface area contributed by atoms with Crippen molar-refractivity contribution in [2.75, 3.05) is 5.32 Å². The number of H-pyrrole nitrogens is 2. The number of fused-ring (bicyclic) bond motifs is 2. The smallest absolute Gasteiger partial charge is 0.138 e. The Bertz CT molecular complexity index is 1720. The molecule has 5 heterocycles. The lowest BCUT2D eigenvalue weighted by Gasteiger charge is -2.13. The van der Waals surface area contributed by atoms with Gasteiger partial charge in [0.05, 0.1) is 28.8 Å². The van der Waals surface area contributed by atoms with Crippen molar-refractivity contribution < 1.29 is 9.50 Å². The zero-order valence-electron chi connectivity index (χ0n) is 20.0. The molecule has 0 aliphatic heterocycles. The SMILES string of the molecule is CCCC(O)Nc1cncc(-c2ccc3[nH]nc(-c4cc5c(-c6ccccc6F)ccnc5[nH]4)c3n2)c1. The van der Waals surface area contributed by atoms with Crippen molar-refractivity contribution in [3.63, 3.8) is 0 Å². The Hall–Kier alpha value is -4.63. The van der Waals surface area contributed by atoms with Crippen molar-refractivity contribution in [3.05, 3.63) is 79.0 Å². The summed E-state index contributed by atoms with van der Waals surface area (Å²) < 4.78 is 14.6. The van der Waals surface area contributed by atoms with Crippen molar-refractivity contribution in [2.24, 2.45) is 0 Å². The molecule has 0 radical (unpaired) electrons. The van der Waals surface area contributed by atoms with Crippen LogP contribution in [-0.2, 0) is 0 Å². The third-order valence-corrected chi connectivity index (χ3v) is 6.29. The Labute approximate surface area is 211 Å². The number of hydrogen-bond donors (Lipinski definition) is 4. The summed E-state index contributed by atoms with van der Waals surface area (Å²) in [6.07, 6.45) is 5.95. The highest BCUT2D eigenvalue weighted by Crippen LogP contribution is 2.34. The van der Waals surface area contributed by atoms with E-state index in [1.54, 1.807) is 30.7 Å². The number of aliphatic hydroxyl groups is 1. The topological polar surface area (TPSA) is 115 Å². The predicted molar refractivity (Wildman–Crippen MR) is 142 cm³/mol. The molecule has 1 unspecified atom stereocenters. The Morgan fingerprint density at radius 2 is 1.95 bits per heavy atom. The number of aliphatic hydroxyl groups excluding tert-OH is 1. The molecule has 8 nitrogen and oxygen atoms in total. The molecule has 0 fully saturated rings. The molecule has 0 saturated heterocycles. The van der Waals surface area contributed by atoms with Crippen LogP contribution in [0.4, 0.5) is 10.1 Å². The van der Waals surface area contributed by atoms with E-state index in [0.29, 0.717) is 28.8 Å². The number of rotatable bonds is 7. The second-order valence-electron chi connectivity index (χ2n) is 8.86. The van der Waals surface area contributed by atoms with Gasteiger partial charge < -0.3 is 15.4 Å². The first-order chi connectivity index (χ1) is 18.1. The highest BCUT2D eigenvalue weighted by molar-refractivity contribution is 5.99. The van der Waals surface area contributed by atoms with Crippen LogP contribution in [0.25, 0.3) is 55.8 Å². The van der Waals surface area contributed by atoms with Crippen molar-refractivity contribution in [3.8, 4) is 33.8 Å². The second kappa shape index (κ2) is 9.44. The highest BCUT2D eigenvalue weighted by Gasteiger charge is 2.17. The molecule has 0 amide bonds. The fourth-order valence-corrected chi connectivity index (χ4v) is 4.51. The molecule has 6 rings (SSSR count). The molecule has 0 saturated carbocycles. The van der Waals surface area contributed by atoms with Crippen LogP contribution in [0.15, 0.2) is 73.2 Å². The maximum absolute atomic E-state index is 14.6. The average molecular weight is 494 g/mol. The van der Waals surface area contributed by atoms with E-state index in [-0.39, 0.29) is 5.82 Å². The second-order valence-corrected chi connectivity index (χ2v) is 8.86. The predicted octanol–water partition coefficient (Wildman–Crippen LogP) is 5.90. The van der Waals surface area contributed by atoms with Crippen LogP contribution in [0.3, 0.4) is 0 Å². The first kappa shape index (κ1) is 22.8. The number of halogens is 1. The normalized spacial score (nSPS) is 12.3. The zero-order chi connectivity index (χ0) is 25.4. The van der Waals surface area contributed by atoms with E-state index in [2.05, 4.69) is 30.5 Å². The average Bonchev–Trinajstić information content (AvgIpc) is 3.53. The molecule has 6 aromatic rings. The largest absolute Gasteiger partial charge is 0.374 e. The summed E-state index contributed by atoms with van der Waals surface area (Å²) in [4.78, 5) is 17.0. The first-order valence-corrected chi connectivity index (χ1v) is 12.1. The van der Waals surface area contributed by atoms with Gasteiger partial charge in [0.15, 0.2) is 0 Å². The minimum absolute atomic E-state index is 0.290. The van der Waals surface area contributed by atoms with Crippen LogP contribution in [0.2, 0.25) is 0 Å². The number of pyridine rings is 3. The van der Waals surface area contributed by atoms with Crippen LogP contribution >= 0.6 is 0 Å². The van der Waals surface area contributed by atoms with E-state index in [1.807, 2.05) is 43.3 Å². The fourth-order valence-electron chi connectivity index (χ4n) is 4.51. The molecule has 184 valence electrons. The number of aromatic nitrogens is 6. The van der Waals surface area contributed by atoms with E-state index >= 15 is 0 Å². The first-order valence-electron chi connectivity index (χ1n) is 12.1. The van der Waals surface area contributed by atoms with Crippen molar-refractivity contribution >= 4 is 27.8 Å². The molecule has 0 aliphatic rings. The van der Waals surface area contributed by atoms with Crippen LogP contribution in [0.5, 0.6) is 0 Å². The van der Waals surface area contributed by atoms with Gasteiger partial charge in [-0.3, -0.25) is 10.1 Å². The van der Waals surface area contributed by atoms with Gasteiger partial charge in [0.25, 0.3) is 0 Å². The van der Waals surface area contributed by atoms with Crippen LogP contribution in [0.1, 0.15) is 19.8 Å². The summed E-state index contributed by atoms with van der Waals surface area (Å²) >= 11 is 0. The van der Waals surface area contributed by atoms with Crippen LogP contribution in [0, 0.1) is 5.82 Å². The lowest BCUT2D eigenvalue weighted by Crippen LogP contribution is -2.18. The Morgan fingerprint density at radius 3 is 2.81 bits per heavy atom. The molecule has 0 spiro atoms. The van der Waals surface area contributed by atoms with Gasteiger partial charge in [0.2, 0.25) is 0 Å². The highest BCUT2D eigenvalue weighted by atomic mass is 19.1. The molecule has 9 heteroatoms. The molecule has 0 bridgehead atoms. The molecule has 5 aromatic heterocycles. The van der Waals surface area contributed by atoms with Gasteiger partial charge in [-0.05, 0) is 48.4 Å². The number of nitrogens with zero attached hydrogens (tertiary/aromatic N) is 4. The Balaban J connectivity index is 1.41. The van der Waals surface area contributed by atoms with Gasteiger partial charge in [-0.15, -0.1) is 0 Å². The quantitative estimate of drug-likeness (QED) is 0.206. The lowest BCUT2D eigenvalue weighted by atomic mass is 10.0. The molecule has 1 aromatic carbocycles. The minimum atomic E-state index is -0.636. The molecule has 4 N–H and O–H groups in total. The van der Waals surface area contributed by atoms with Crippen LogP contribution in [-0.4, -0.2) is 41.5 Å². The Kier molecular flexibility index (Phi) is 5.82. The third kappa shape index (κ3) is 4.30. The maximum atomic E-state index is 14.6. The number of anilines is 1. The van der Waals surface area contributed by atoms with Gasteiger partial charge in [0.1, 0.15) is 28.9 Å². The standard InChI is InChI=1S/C28H24FN7O/c1-2-5-25(37)32-17-12-16(14-30-15-17)22-8-9-23-26(33-22)27(36-35-23)24-13-20-18(10-11-31-28(20)34-24)19-6-3-4-7-21(19)29/h3-4,6-15,25,32,37H,2,5H2,1H3,(H,31,34)(H,35,36). The maximum Gasteiger partial charge on any atom is 0.138 e. The monoisotopic (exact) mass is 493 g/mol. The van der Waals surface area contributed by atoms with Crippen molar-refractivity contribution in [1.29, 1.82) is 0 Å². The summed E-state index contributed by atoms with van der Waals surface area (Å²) in [6, 6.07) is 16.2. The summed E-state index contributed by atoms with van der Waals surface area (Å²) in [5.74, 6) is -0.290. The summed E-state index contributed by atoms with van der Waals surface area (Å²) in [7, 11) is 0. The van der Waals surface area contributed by atoms with Crippen molar-refractivity contribution in [1.82, 2.24) is 30.1 Å². The van der Waals surface area contributed by atoms with Crippen LogP contribution < -0.4 is 5.32 Å². The number of benzene rings is 1. The number of hydrogen-bond acceptors (Lipinski definition) is 6. The van der Waals surface area contributed by atoms with E-state index in [1.165, 1.54) is 6.07 Å². The third-order valence-electron chi connectivity index (χ3n) is 6.29. The van der Waals surface area contributed by atoms with E-state index in [0.717, 1.165) is 45.5 Å². The summed E-state index contributed by atoms with van der Waals surface area (Å²) in [6.45, 7) is 2.02. The summed E-state index contributed by atoms with van der Waals surface area (Å²) in [5.41, 5.74) is 6.96. The van der Waals surface area contributed by atoms with Crippen molar-refractivity contribution in [2.45, 2.75) is 26.0 Å². The molecular weight excluding hydrogens is 469 g/mol. The van der Waals surface area contributed by atoms with E-state index in [4.69, 9.17) is 4.98 Å². The molecule has 37 heavy (non-hydrogen) atoms. The Morgan fingerprint density at radius 1 is 1.05 bits per heavy atom. The number of nitrogens with one attached hydrogen (secondary N) is 3. The van der Waals surface area contributed by atoms with Gasteiger partial charge in [-0.1, -0.05) is 31.5 Å². The van der Waals surface area contributed by atoms with E-state index < -0.39 is 6.23 Å². The lowest BCUT2D eigenvalue weighted by molar-refractivity contribution is 0.192. The molecule has 0 aliphatic carbocycles. The minimum Gasteiger partial charge on any atom is -0.374 e. The zero-order valence-corrected chi connectivity index (χ0v) is 20.0.